The number of anilines is 1. The van der Waals surface area contributed by atoms with E-state index in [0.29, 0.717) is 11.6 Å². The summed E-state index contributed by atoms with van der Waals surface area (Å²) in [7, 11) is 0. The van der Waals surface area contributed by atoms with Crippen molar-refractivity contribution >= 4 is 29.4 Å². The number of ether oxygens (including phenoxy) is 1. The predicted octanol–water partition coefficient (Wildman–Crippen LogP) is 3.21. The van der Waals surface area contributed by atoms with Gasteiger partial charge in [0.05, 0.1) is 21.9 Å². The van der Waals surface area contributed by atoms with Crippen LogP contribution in [-0.2, 0) is 9.59 Å². The SMILES string of the molecule is Cc1nn(-c2ccccc2)c2c1[C@H](c1ccc(OCC(N)=O)cc1)S[C@H](C)C(=O)N2. The number of aromatic nitrogens is 2. The number of nitrogens with one attached hydrogen (secondary N) is 1. The Kier molecular flexibility index (Phi) is 5.50. The number of fused-ring (bicyclic) bond motifs is 1. The van der Waals surface area contributed by atoms with Crippen molar-refractivity contribution in [3.8, 4) is 11.4 Å². The molecule has 1 aliphatic rings. The molecule has 2 amide bonds. The molecular formula is C22H22N4O3S. The molecule has 0 radical (unpaired) electrons. The van der Waals surface area contributed by atoms with Crippen LogP contribution in [0.4, 0.5) is 5.82 Å². The zero-order valence-corrected chi connectivity index (χ0v) is 17.5. The summed E-state index contributed by atoms with van der Waals surface area (Å²) in [6, 6.07) is 17.2. The van der Waals surface area contributed by atoms with Crippen LogP contribution >= 0.6 is 11.8 Å². The van der Waals surface area contributed by atoms with Gasteiger partial charge in [0.2, 0.25) is 5.91 Å². The highest BCUT2D eigenvalue weighted by Gasteiger charge is 2.34. The van der Waals surface area contributed by atoms with Crippen LogP contribution in [0.25, 0.3) is 5.69 Å². The molecule has 0 unspecified atom stereocenters. The fraction of sp³-hybridized carbons (Fsp3) is 0.227. The second-order valence-electron chi connectivity index (χ2n) is 7.07. The quantitative estimate of drug-likeness (QED) is 0.658. The lowest BCUT2D eigenvalue weighted by Crippen LogP contribution is -2.22. The van der Waals surface area contributed by atoms with Crippen LogP contribution in [-0.4, -0.2) is 33.5 Å². The summed E-state index contributed by atoms with van der Waals surface area (Å²) in [5, 5.41) is 7.46. The number of nitrogens with two attached hydrogens (primary N) is 1. The van der Waals surface area contributed by atoms with Gasteiger partial charge in [-0.05, 0) is 43.7 Å². The molecule has 0 fully saturated rings. The van der Waals surface area contributed by atoms with Crippen molar-refractivity contribution in [1.82, 2.24) is 9.78 Å². The number of para-hydroxylation sites is 1. The van der Waals surface area contributed by atoms with Gasteiger partial charge in [0.25, 0.3) is 5.91 Å². The number of amides is 2. The predicted molar refractivity (Wildman–Crippen MR) is 117 cm³/mol. The highest BCUT2D eigenvalue weighted by molar-refractivity contribution is 8.01. The Morgan fingerprint density at radius 2 is 1.90 bits per heavy atom. The number of aryl methyl sites for hydroxylation is 1. The third-order valence-corrected chi connectivity index (χ3v) is 6.29. The van der Waals surface area contributed by atoms with E-state index < -0.39 is 5.91 Å². The molecule has 0 bridgehead atoms. The molecule has 8 heteroatoms. The van der Waals surface area contributed by atoms with Crippen LogP contribution < -0.4 is 15.8 Å². The molecule has 154 valence electrons. The number of benzene rings is 2. The molecule has 2 aromatic carbocycles. The first-order chi connectivity index (χ1) is 14.4. The number of thioether (sulfide) groups is 1. The number of nitrogens with zero attached hydrogens (tertiary/aromatic N) is 2. The molecule has 2 heterocycles. The summed E-state index contributed by atoms with van der Waals surface area (Å²) >= 11 is 1.58. The molecule has 0 aliphatic carbocycles. The van der Waals surface area contributed by atoms with Crippen molar-refractivity contribution in [2.24, 2.45) is 5.73 Å². The van der Waals surface area contributed by atoms with Gasteiger partial charge in [0.1, 0.15) is 11.6 Å². The number of carbonyl (C=O) groups is 2. The molecule has 7 nitrogen and oxygen atoms in total. The highest BCUT2D eigenvalue weighted by atomic mass is 32.2. The number of hydrogen-bond donors (Lipinski definition) is 2. The van der Waals surface area contributed by atoms with Gasteiger partial charge in [0, 0.05) is 5.56 Å². The zero-order valence-electron chi connectivity index (χ0n) is 16.7. The standard InChI is InChI=1S/C22H22N4O3S/c1-13-19-20(15-8-10-17(11-9-15)29-12-18(23)27)30-14(2)22(28)24-21(19)26(25-13)16-6-4-3-5-7-16/h3-11,14,20H,12H2,1-2H3,(H2,23,27)(H,24,28)/t14-,20+/m1/s1. The minimum absolute atomic E-state index is 0.0535. The third-order valence-electron chi connectivity index (χ3n) is 4.88. The van der Waals surface area contributed by atoms with Crippen molar-refractivity contribution in [1.29, 1.82) is 0 Å². The van der Waals surface area contributed by atoms with Crippen LogP contribution in [0.1, 0.15) is 29.0 Å². The summed E-state index contributed by atoms with van der Waals surface area (Å²) in [6.45, 7) is 3.69. The van der Waals surface area contributed by atoms with Gasteiger partial charge in [-0.3, -0.25) is 9.59 Å². The minimum Gasteiger partial charge on any atom is -0.484 e. The summed E-state index contributed by atoms with van der Waals surface area (Å²) in [4.78, 5) is 23.6. The molecular weight excluding hydrogens is 400 g/mol. The average Bonchev–Trinajstić information content (AvgIpc) is 2.99. The van der Waals surface area contributed by atoms with E-state index in [1.165, 1.54) is 0 Å². The fourth-order valence-corrected chi connectivity index (χ4v) is 4.74. The van der Waals surface area contributed by atoms with E-state index in [9.17, 15) is 9.59 Å². The van der Waals surface area contributed by atoms with E-state index in [2.05, 4.69) is 5.32 Å². The van der Waals surface area contributed by atoms with E-state index in [-0.39, 0.29) is 23.0 Å². The average molecular weight is 423 g/mol. The monoisotopic (exact) mass is 422 g/mol. The van der Waals surface area contributed by atoms with Crippen molar-refractivity contribution in [3.05, 3.63) is 71.4 Å². The van der Waals surface area contributed by atoms with Crippen molar-refractivity contribution in [3.63, 3.8) is 0 Å². The highest BCUT2D eigenvalue weighted by Crippen LogP contribution is 2.46. The van der Waals surface area contributed by atoms with E-state index in [0.717, 1.165) is 22.5 Å². The van der Waals surface area contributed by atoms with Crippen LogP contribution in [0.2, 0.25) is 0 Å². The lowest BCUT2D eigenvalue weighted by molar-refractivity contribution is -0.120. The van der Waals surface area contributed by atoms with Crippen LogP contribution in [0, 0.1) is 6.92 Å². The largest absolute Gasteiger partial charge is 0.484 e. The van der Waals surface area contributed by atoms with E-state index in [4.69, 9.17) is 15.6 Å². The zero-order chi connectivity index (χ0) is 21.3. The second kappa shape index (κ2) is 8.23. The first-order valence-electron chi connectivity index (χ1n) is 9.56. The lowest BCUT2D eigenvalue weighted by atomic mass is 10.0. The molecule has 3 aromatic rings. The Morgan fingerprint density at radius 3 is 2.57 bits per heavy atom. The third kappa shape index (κ3) is 3.91. The first-order valence-corrected chi connectivity index (χ1v) is 10.5. The van der Waals surface area contributed by atoms with Gasteiger partial charge in [-0.25, -0.2) is 4.68 Å². The lowest BCUT2D eigenvalue weighted by Gasteiger charge is -2.18. The number of carbonyl (C=O) groups excluding carboxylic acids is 2. The van der Waals surface area contributed by atoms with Crippen molar-refractivity contribution in [2.45, 2.75) is 24.3 Å². The number of hydrogen-bond acceptors (Lipinski definition) is 5. The maximum absolute atomic E-state index is 12.7. The van der Waals surface area contributed by atoms with E-state index in [1.807, 2.05) is 56.3 Å². The Bertz CT molecular complexity index is 1080. The Morgan fingerprint density at radius 1 is 1.20 bits per heavy atom. The smallest absolute Gasteiger partial charge is 0.255 e. The first kappa shape index (κ1) is 20.0. The van der Waals surface area contributed by atoms with Crippen LogP contribution in [0.15, 0.2) is 54.6 Å². The summed E-state index contributed by atoms with van der Waals surface area (Å²) < 4.78 is 7.15. The molecule has 2 atom stereocenters. The van der Waals surface area contributed by atoms with Gasteiger partial charge in [-0.15, -0.1) is 11.8 Å². The topological polar surface area (TPSA) is 99.2 Å². The maximum Gasteiger partial charge on any atom is 0.255 e. The molecule has 1 aliphatic heterocycles. The molecule has 0 spiro atoms. The normalized spacial score (nSPS) is 18.3. The van der Waals surface area contributed by atoms with Gasteiger partial charge in [-0.1, -0.05) is 30.3 Å². The number of rotatable bonds is 5. The molecule has 30 heavy (non-hydrogen) atoms. The summed E-state index contributed by atoms with van der Waals surface area (Å²) in [5.74, 6) is 0.683. The van der Waals surface area contributed by atoms with Crippen LogP contribution in [0.3, 0.4) is 0 Å². The number of primary amides is 1. The molecule has 0 saturated heterocycles. The minimum atomic E-state index is -0.523. The summed E-state index contributed by atoms with van der Waals surface area (Å²) in [5.41, 5.74) is 8.88. The van der Waals surface area contributed by atoms with Gasteiger partial charge in [-0.2, -0.15) is 5.10 Å². The molecule has 4 rings (SSSR count). The van der Waals surface area contributed by atoms with Crippen LogP contribution in [0.5, 0.6) is 5.75 Å². The van der Waals surface area contributed by atoms with Gasteiger partial charge in [0.15, 0.2) is 6.61 Å². The molecule has 0 saturated carbocycles. The maximum atomic E-state index is 12.7. The van der Waals surface area contributed by atoms with E-state index in [1.54, 1.807) is 28.6 Å². The second-order valence-corrected chi connectivity index (χ2v) is 8.52. The molecule has 3 N–H and O–H groups in total. The molecule has 1 aromatic heterocycles. The Hall–Kier alpha value is -3.26. The van der Waals surface area contributed by atoms with E-state index >= 15 is 0 Å². The van der Waals surface area contributed by atoms with Gasteiger partial charge < -0.3 is 15.8 Å². The van der Waals surface area contributed by atoms with Gasteiger partial charge >= 0.3 is 0 Å². The van der Waals surface area contributed by atoms with Crippen molar-refractivity contribution in [2.75, 3.05) is 11.9 Å². The van der Waals surface area contributed by atoms with Crippen molar-refractivity contribution < 1.29 is 14.3 Å². The Balaban J connectivity index is 1.76. The fourth-order valence-electron chi connectivity index (χ4n) is 3.42. The summed E-state index contributed by atoms with van der Waals surface area (Å²) in [6.07, 6.45) is 0. The Labute approximate surface area is 178 Å².